The third kappa shape index (κ3) is 4.01. The van der Waals surface area contributed by atoms with Gasteiger partial charge in [-0.2, -0.15) is 0 Å². The summed E-state index contributed by atoms with van der Waals surface area (Å²) in [4.78, 5) is 28.4. The van der Waals surface area contributed by atoms with Crippen LogP contribution in [-0.2, 0) is 16.1 Å². The maximum Gasteiger partial charge on any atom is 0.331 e. The van der Waals surface area contributed by atoms with E-state index in [0.717, 1.165) is 16.8 Å². The lowest BCUT2D eigenvalue weighted by atomic mass is 10.1. The Morgan fingerprint density at radius 1 is 1.16 bits per heavy atom. The van der Waals surface area contributed by atoms with E-state index >= 15 is 0 Å². The van der Waals surface area contributed by atoms with E-state index < -0.39 is 5.97 Å². The van der Waals surface area contributed by atoms with Crippen molar-refractivity contribution >= 4 is 17.7 Å². The SMILES string of the molecule is Cc1cccc(/C=C/C(=O)OCc2cc(=O)n3c(C)cccc3n2)c1. The van der Waals surface area contributed by atoms with Crippen LogP contribution >= 0.6 is 0 Å². The van der Waals surface area contributed by atoms with Crippen molar-refractivity contribution in [1.82, 2.24) is 9.38 Å². The van der Waals surface area contributed by atoms with Crippen molar-refractivity contribution < 1.29 is 9.53 Å². The molecule has 25 heavy (non-hydrogen) atoms. The topological polar surface area (TPSA) is 60.7 Å². The van der Waals surface area contributed by atoms with Crippen LogP contribution in [0.2, 0.25) is 0 Å². The Bertz CT molecular complexity index is 1020. The number of pyridine rings is 1. The largest absolute Gasteiger partial charge is 0.456 e. The van der Waals surface area contributed by atoms with Crippen molar-refractivity contribution in [3.63, 3.8) is 0 Å². The maximum absolute atomic E-state index is 12.2. The van der Waals surface area contributed by atoms with E-state index in [9.17, 15) is 9.59 Å². The van der Waals surface area contributed by atoms with Gasteiger partial charge in [0.05, 0.1) is 5.69 Å². The van der Waals surface area contributed by atoms with Crippen LogP contribution in [0.25, 0.3) is 11.7 Å². The number of hydrogen-bond acceptors (Lipinski definition) is 4. The van der Waals surface area contributed by atoms with Crippen molar-refractivity contribution in [2.75, 3.05) is 0 Å². The Morgan fingerprint density at radius 2 is 1.96 bits per heavy atom. The maximum atomic E-state index is 12.2. The fourth-order valence-corrected chi connectivity index (χ4v) is 2.57. The lowest BCUT2D eigenvalue weighted by Crippen LogP contribution is -2.18. The average Bonchev–Trinajstić information content (AvgIpc) is 2.58. The van der Waals surface area contributed by atoms with Gasteiger partial charge in [0.15, 0.2) is 0 Å². The Balaban J connectivity index is 1.70. The van der Waals surface area contributed by atoms with E-state index in [0.29, 0.717) is 11.3 Å². The van der Waals surface area contributed by atoms with Crippen molar-refractivity contribution in [2.45, 2.75) is 20.5 Å². The van der Waals surface area contributed by atoms with Crippen LogP contribution in [0.4, 0.5) is 0 Å². The fraction of sp³-hybridized carbons (Fsp3) is 0.150. The van der Waals surface area contributed by atoms with Gasteiger partial charge < -0.3 is 4.74 Å². The first-order valence-electron chi connectivity index (χ1n) is 7.93. The van der Waals surface area contributed by atoms with Gasteiger partial charge in [0.2, 0.25) is 0 Å². The number of ether oxygens (including phenoxy) is 1. The quantitative estimate of drug-likeness (QED) is 0.543. The fourth-order valence-electron chi connectivity index (χ4n) is 2.57. The van der Waals surface area contributed by atoms with Crippen LogP contribution in [0.5, 0.6) is 0 Å². The summed E-state index contributed by atoms with van der Waals surface area (Å²) in [7, 11) is 0. The summed E-state index contributed by atoms with van der Waals surface area (Å²) < 4.78 is 6.69. The number of benzene rings is 1. The van der Waals surface area contributed by atoms with Crippen molar-refractivity contribution in [3.05, 3.63) is 87.5 Å². The molecule has 0 saturated heterocycles. The highest BCUT2D eigenvalue weighted by atomic mass is 16.5. The zero-order valence-electron chi connectivity index (χ0n) is 14.1. The molecule has 0 unspecified atom stereocenters. The average molecular weight is 334 g/mol. The summed E-state index contributed by atoms with van der Waals surface area (Å²) in [5, 5.41) is 0. The number of carbonyl (C=O) groups excluding carboxylic acids is 1. The van der Waals surface area contributed by atoms with Gasteiger partial charge in [-0.05, 0) is 37.6 Å². The van der Waals surface area contributed by atoms with E-state index in [-0.39, 0.29) is 12.2 Å². The summed E-state index contributed by atoms with van der Waals surface area (Å²) in [6.45, 7) is 3.78. The molecule has 5 nitrogen and oxygen atoms in total. The monoisotopic (exact) mass is 334 g/mol. The molecule has 0 atom stereocenters. The molecule has 0 aliphatic heterocycles. The lowest BCUT2D eigenvalue weighted by molar-refractivity contribution is -0.139. The first-order chi connectivity index (χ1) is 12.0. The van der Waals surface area contributed by atoms with Crippen LogP contribution in [0.1, 0.15) is 22.5 Å². The first-order valence-corrected chi connectivity index (χ1v) is 7.93. The summed E-state index contributed by atoms with van der Waals surface area (Å²) in [6.07, 6.45) is 3.06. The van der Waals surface area contributed by atoms with Crippen molar-refractivity contribution in [3.8, 4) is 0 Å². The molecule has 0 radical (unpaired) electrons. The number of esters is 1. The highest BCUT2D eigenvalue weighted by molar-refractivity contribution is 5.87. The molecule has 3 aromatic rings. The molecule has 2 heterocycles. The van der Waals surface area contributed by atoms with Gasteiger partial charge in [-0.3, -0.25) is 9.20 Å². The molecule has 1 aromatic carbocycles. The molecular weight excluding hydrogens is 316 g/mol. The number of rotatable bonds is 4. The Hall–Kier alpha value is -3.21. The van der Waals surface area contributed by atoms with E-state index in [2.05, 4.69) is 4.98 Å². The van der Waals surface area contributed by atoms with Crippen LogP contribution in [0, 0.1) is 13.8 Å². The van der Waals surface area contributed by atoms with Gasteiger partial charge in [0.1, 0.15) is 12.3 Å². The first kappa shape index (κ1) is 16.6. The summed E-state index contributed by atoms with van der Waals surface area (Å²) in [5.41, 5.74) is 3.62. The van der Waals surface area contributed by atoms with Gasteiger partial charge in [-0.1, -0.05) is 35.9 Å². The normalized spacial score (nSPS) is 11.1. The van der Waals surface area contributed by atoms with E-state index in [4.69, 9.17) is 4.74 Å². The number of aromatic nitrogens is 2. The van der Waals surface area contributed by atoms with Crippen LogP contribution in [-0.4, -0.2) is 15.4 Å². The molecule has 0 aliphatic carbocycles. The zero-order chi connectivity index (χ0) is 17.8. The number of hydrogen-bond donors (Lipinski definition) is 0. The number of carbonyl (C=O) groups is 1. The minimum Gasteiger partial charge on any atom is -0.456 e. The number of fused-ring (bicyclic) bond motifs is 1. The molecule has 0 amide bonds. The molecule has 3 rings (SSSR count). The zero-order valence-corrected chi connectivity index (χ0v) is 14.1. The minimum absolute atomic E-state index is 0.0450. The second kappa shape index (κ2) is 7.13. The molecule has 0 saturated carbocycles. The highest BCUT2D eigenvalue weighted by Crippen LogP contribution is 2.07. The predicted octanol–water partition coefficient (Wildman–Crippen LogP) is 3.07. The summed E-state index contributed by atoms with van der Waals surface area (Å²) in [6, 6.07) is 14.6. The third-order valence-corrected chi connectivity index (χ3v) is 3.75. The van der Waals surface area contributed by atoms with Gasteiger partial charge in [-0.15, -0.1) is 0 Å². The Labute approximate surface area is 145 Å². The minimum atomic E-state index is -0.479. The number of aryl methyl sites for hydroxylation is 2. The van der Waals surface area contributed by atoms with Crippen molar-refractivity contribution in [1.29, 1.82) is 0 Å². The predicted molar refractivity (Wildman–Crippen MR) is 96.2 cm³/mol. The summed E-state index contributed by atoms with van der Waals surface area (Å²) >= 11 is 0. The van der Waals surface area contributed by atoms with Crippen LogP contribution in [0.15, 0.2) is 59.4 Å². The molecule has 0 bridgehead atoms. The standard InChI is InChI=1S/C20H18N2O3/c1-14-5-3-7-16(11-14)9-10-20(24)25-13-17-12-19(23)22-15(2)6-4-8-18(22)21-17/h3-12H,13H2,1-2H3/b10-9+. The third-order valence-electron chi connectivity index (χ3n) is 3.75. The lowest BCUT2D eigenvalue weighted by Gasteiger charge is -2.06. The van der Waals surface area contributed by atoms with E-state index in [1.165, 1.54) is 16.5 Å². The molecule has 0 spiro atoms. The summed E-state index contributed by atoms with van der Waals surface area (Å²) in [5.74, 6) is -0.479. The van der Waals surface area contributed by atoms with Gasteiger partial charge >= 0.3 is 5.97 Å². The highest BCUT2D eigenvalue weighted by Gasteiger charge is 2.06. The van der Waals surface area contributed by atoms with Crippen molar-refractivity contribution in [2.24, 2.45) is 0 Å². The molecular formula is C20H18N2O3. The Morgan fingerprint density at radius 3 is 2.76 bits per heavy atom. The Kier molecular flexibility index (Phi) is 4.75. The second-order valence-electron chi connectivity index (χ2n) is 5.80. The van der Waals surface area contributed by atoms with Gasteiger partial charge in [-0.25, -0.2) is 9.78 Å². The molecule has 0 aliphatic rings. The van der Waals surface area contributed by atoms with E-state index in [1.54, 1.807) is 12.1 Å². The smallest absolute Gasteiger partial charge is 0.331 e. The molecule has 0 fully saturated rings. The van der Waals surface area contributed by atoms with Gasteiger partial charge in [0, 0.05) is 17.8 Å². The van der Waals surface area contributed by atoms with E-state index in [1.807, 2.05) is 50.2 Å². The van der Waals surface area contributed by atoms with Crippen LogP contribution < -0.4 is 5.56 Å². The molecule has 126 valence electrons. The molecule has 2 aromatic heterocycles. The molecule has 0 N–H and O–H groups in total. The molecule has 5 heteroatoms. The van der Waals surface area contributed by atoms with Crippen LogP contribution in [0.3, 0.4) is 0 Å². The number of nitrogens with zero attached hydrogens (tertiary/aromatic N) is 2. The van der Waals surface area contributed by atoms with Gasteiger partial charge in [0.25, 0.3) is 5.56 Å². The second-order valence-corrected chi connectivity index (χ2v) is 5.80.